The topological polar surface area (TPSA) is 61.0 Å². The van der Waals surface area contributed by atoms with Crippen LogP contribution in [0, 0.1) is 13.8 Å². The molecule has 0 aliphatic rings. The first-order valence-corrected chi connectivity index (χ1v) is 3.30. The molecule has 0 saturated heterocycles. The van der Waals surface area contributed by atoms with Gasteiger partial charge < -0.3 is 10.5 Å². The van der Waals surface area contributed by atoms with Gasteiger partial charge in [-0.15, -0.1) is 0 Å². The van der Waals surface area contributed by atoms with Gasteiger partial charge in [0.1, 0.15) is 11.6 Å². The molecule has 0 amide bonds. The predicted molar refractivity (Wildman–Crippen MR) is 42.5 cm³/mol. The Morgan fingerprint density at radius 1 is 1.27 bits per heavy atom. The van der Waals surface area contributed by atoms with Gasteiger partial charge in [0.2, 0.25) is 5.88 Å². The number of aromatic nitrogens is 2. The maximum atomic E-state index is 5.57. The fourth-order valence-electron chi connectivity index (χ4n) is 0.822. The second-order valence-electron chi connectivity index (χ2n) is 2.29. The summed E-state index contributed by atoms with van der Waals surface area (Å²) in [5, 5.41) is 0. The molecule has 0 bridgehead atoms. The van der Waals surface area contributed by atoms with Gasteiger partial charge in [0.15, 0.2) is 0 Å². The summed E-state index contributed by atoms with van der Waals surface area (Å²) < 4.78 is 4.98. The van der Waals surface area contributed by atoms with E-state index < -0.39 is 0 Å². The van der Waals surface area contributed by atoms with Crippen LogP contribution >= 0.6 is 0 Å². The Hall–Kier alpha value is -1.32. The molecular formula is C7H11N3O. The number of rotatable bonds is 1. The molecule has 0 saturated carbocycles. The summed E-state index contributed by atoms with van der Waals surface area (Å²) in [7, 11) is 1.56. The number of aryl methyl sites for hydroxylation is 1. The lowest BCUT2D eigenvalue weighted by molar-refractivity contribution is 0.392. The lowest BCUT2D eigenvalue weighted by Crippen LogP contribution is -2.02. The number of nitrogens with two attached hydrogens (primary N) is 1. The van der Waals surface area contributed by atoms with Crippen molar-refractivity contribution in [2.45, 2.75) is 13.8 Å². The van der Waals surface area contributed by atoms with Crippen LogP contribution in [-0.2, 0) is 0 Å². The van der Waals surface area contributed by atoms with E-state index in [1.54, 1.807) is 14.0 Å². The van der Waals surface area contributed by atoms with Crippen LogP contribution in [0.25, 0.3) is 0 Å². The molecule has 0 fully saturated rings. The molecule has 0 spiro atoms. The van der Waals surface area contributed by atoms with Gasteiger partial charge in [-0.05, 0) is 13.8 Å². The summed E-state index contributed by atoms with van der Waals surface area (Å²) >= 11 is 0. The number of anilines is 1. The highest BCUT2D eigenvalue weighted by molar-refractivity contribution is 5.44. The molecule has 4 nitrogen and oxygen atoms in total. The second kappa shape index (κ2) is 2.74. The van der Waals surface area contributed by atoms with Crippen molar-refractivity contribution >= 4 is 5.82 Å². The van der Waals surface area contributed by atoms with Gasteiger partial charge in [-0.2, -0.15) is 4.98 Å². The van der Waals surface area contributed by atoms with Crippen LogP contribution in [0.4, 0.5) is 5.82 Å². The van der Waals surface area contributed by atoms with Crippen LogP contribution in [0.1, 0.15) is 11.4 Å². The van der Waals surface area contributed by atoms with Crippen molar-refractivity contribution in [3.8, 4) is 5.88 Å². The standard InChI is InChI=1S/C7H11N3O/c1-4-6(8)9-5(2)10-7(4)11-3/h1-3H3,(H2,8,9,10). The third kappa shape index (κ3) is 1.39. The van der Waals surface area contributed by atoms with Crippen molar-refractivity contribution in [2.75, 3.05) is 12.8 Å². The van der Waals surface area contributed by atoms with Crippen molar-refractivity contribution in [1.29, 1.82) is 0 Å². The highest BCUT2D eigenvalue weighted by atomic mass is 16.5. The highest BCUT2D eigenvalue weighted by Gasteiger charge is 2.04. The fraction of sp³-hybridized carbons (Fsp3) is 0.429. The summed E-state index contributed by atoms with van der Waals surface area (Å²) in [5.41, 5.74) is 6.36. The predicted octanol–water partition coefficient (Wildman–Crippen LogP) is 0.684. The zero-order valence-electron chi connectivity index (χ0n) is 6.88. The van der Waals surface area contributed by atoms with Crippen molar-refractivity contribution in [2.24, 2.45) is 0 Å². The summed E-state index contributed by atoms with van der Waals surface area (Å²) in [4.78, 5) is 8.01. The summed E-state index contributed by atoms with van der Waals surface area (Å²) in [5.74, 6) is 1.66. The molecule has 2 N–H and O–H groups in total. The third-order valence-electron chi connectivity index (χ3n) is 1.44. The second-order valence-corrected chi connectivity index (χ2v) is 2.29. The minimum atomic E-state index is 0.481. The Morgan fingerprint density at radius 3 is 2.45 bits per heavy atom. The molecule has 11 heavy (non-hydrogen) atoms. The molecule has 1 rings (SSSR count). The van der Waals surface area contributed by atoms with Gasteiger partial charge in [-0.3, -0.25) is 0 Å². The van der Waals surface area contributed by atoms with Crippen LogP contribution < -0.4 is 10.5 Å². The molecular weight excluding hydrogens is 142 g/mol. The number of hydrogen-bond acceptors (Lipinski definition) is 4. The first-order chi connectivity index (χ1) is 5.15. The van der Waals surface area contributed by atoms with Crippen LogP contribution in [0.3, 0.4) is 0 Å². The Kier molecular flexibility index (Phi) is 1.94. The van der Waals surface area contributed by atoms with Gasteiger partial charge in [0, 0.05) is 0 Å². The molecule has 0 aliphatic heterocycles. The molecule has 0 aliphatic carbocycles. The average Bonchev–Trinajstić information content (AvgIpc) is 1.96. The monoisotopic (exact) mass is 153 g/mol. The quantitative estimate of drug-likeness (QED) is 0.644. The lowest BCUT2D eigenvalue weighted by Gasteiger charge is -2.05. The van der Waals surface area contributed by atoms with Gasteiger partial charge in [-0.1, -0.05) is 0 Å². The van der Waals surface area contributed by atoms with E-state index >= 15 is 0 Å². The van der Waals surface area contributed by atoms with Crippen molar-refractivity contribution in [1.82, 2.24) is 9.97 Å². The third-order valence-corrected chi connectivity index (χ3v) is 1.44. The van der Waals surface area contributed by atoms with Crippen molar-refractivity contribution in [3.05, 3.63) is 11.4 Å². The van der Waals surface area contributed by atoms with Crippen LogP contribution in [0.15, 0.2) is 0 Å². The van der Waals surface area contributed by atoms with Gasteiger partial charge in [0.25, 0.3) is 0 Å². The number of ether oxygens (including phenoxy) is 1. The normalized spacial score (nSPS) is 9.73. The first kappa shape index (κ1) is 7.78. The molecule has 60 valence electrons. The van der Waals surface area contributed by atoms with E-state index in [4.69, 9.17) is 10.5 Å². The number of methoxy groups -OCH3 is 1. The van der Waals surface area contributed by atoms with Gasteiger partial charge in [0.05, 0.1) is 12.7 Å². The lowest BCUT2D eigenvalue weighted by atomic mass is 10.3. The number of nitrogens with zero attached hydrogens (tertiary/aromatic N) is 2. The SMILES string of the molecule is COc1nc(C)nc(N)c1C. The molecule has 1 heterocycles. The molecule has 0 atom stereocenters. The first-order valence-electron chi connectivity index (χ1n) is 3.30. The Balaban J connectivity index is 3.24. The van der Waals surface area contributed by atoms with E-state index in [-0.39, 0.29) is 0 Å². The van der Waals surface area contributed by atoms with Crippen LogP contribution in [0.2, 0.25) is 0 Å². The van der Waals surface area contributed by atoms with Crippen LogP contribution in [-0.4, -0.2) is 17.1 Å². The maximum absolute atomic E-state index is 5.57. The van der Waals surface area contributed by atoms with Crippen LogP contribution in [0.5, 0.6) is 5.88 Å². The average molecular weight is 153 g/mol. The van der Waals surface area contributed by atoms with E-state index in [1.165, 1.54) is 0 Å². The minimum absolute atomic E-state index is 0.481. The molecule has 0 aromatic carbocycles. The smallest absolute Gasteiger partial charge is 0.221 e. The Bertz CT molecular complexity index is 273. The molecule has 4 heteroatoms. The largest absolute Gasteiger partial charge is 0.481 e. The maximum Gasteiger partial charge on any atom is 0.221 e. The number of hydrogen-bond donors (Lipinski definition) is 1. The summed E-state index contributed by atoms with van der Waals surface area (Å²) in [6, 6.07) is 0. The Morgan fingerprint density at radius 2 is 1.91 bits per heavy atom. The zero-order chi connectivity index (χ0) is 8.43. The van der Waals surface area contributed by atoms with E-state index in [0.29, 0.717) is 17.5 Å². The zero-order valence-corrected chi connectivity index (χ0v) is 6.88. The highest BCUT2D eigenvalue weighted by Crippen LogP contribution is 2.17. The summed E-state index contributed by atoms with van der Waals surface area (Å²) in [6.45, 7) is 3.60. The molecule has 0 radical (unpaired) electrons. The number of nitrogen functional groups attached to an aromatic ring is 1. The van der Waals surface area contributed by atoms with Gasteiger partial charge >= 0.3 is 0 Å². The van der Waals surface area contributed by atoms with Gasteiger partial charge in [-0.25, -0.2) is 4.98 Å². The van der Waals surface area contributed by atoms with E-state index in [0.717, 1.165) is 5.56 Å². The molecule has 0 unspecified atom stereocenters. The van der Waals surface area contributed by atoms with E-state index in [2.05, 4.69) is 9.97 Å². The molecule has 1 aromatic heterocycles. The van der Waals surface area contributed by atoms with E-state index in [1.807, 2.05) is 6.92 Å². The van der Waals surface area contributed by atoms with Crippen molar-refractivity contribution in [3.63, 3.8) is 0 Å². The minimum Gasteiger partial charge on any atom is -0.481 e. The van der Waals surface area contributed by atoms with Crippen molar-refractivity contribution < 1.29 is 4.74 Å². The molecule has 1 aromatic rings. The fourth-order valence-corrected chi connectivity index (χ4v) is 0.822. The summed E-state index contributed by atoms with van der Waals surface area (Å²) in [6.07, 6.45) is 0. The Labute approximate surface area is 65.4 Å². The van der Waals surface area contributed by atoms with E-state index in [9.17, 15) is 0 Å².